The van der Waals surface area contributed by atoms with Gasteiger partial charge in [-0.15, -0.1) is 0 Å². The van der Waals surface area contributed by atoms with Gasteiger partial charge in [0, 0.05) is 34.0 Å². The van der Waals surface area contributed by atoms with Crippen LogP contribution in [-0.4, -0.2) is 17.9 Å². The Balaban J connectivity index is 0.000000363. The van der Waals surface area contributed by atoms with Gasteiger partial charge in [-0.1, -0.05) is 26.8 Å². The number of carbonyl (C=O) groups excluding carboxylic acids is 2. The molecule has 2 aromatic rings. The second-order valence-electron chi connectivity index (χ2n) is 16.5. The van der Waals surface area contributed by atoms with Gasteiger partial charge in [-0.2, -0.15) is 0 Å². The van der Waals surface area contributed by atoms with Gasteiger partial charge in [-0.25, -0.2) is 4.79 Å². The molecule has 0 spiro atoms. The summed E-state index contributed by atoms with van der Waals surface area (Å²) < 4.78 is 6.03. The quantitative estimate of drug-likeness (QED) is 0.111. The molecule has 6 rings (SSSR count). The highest BCUT2D eigenvalue weighted by molar-refractivity contribution is 5.96. The number of fused-ring (bicyclic) bond motifs is 5. The average molecular weight is 672 g/mol. The first kappa shape index (κ1) is 36.6. The molecule has 0 aliphatic heterocycles. The number of ether oxygens (including phenoxy) is 1. The number of hydrogen-bond acceptors (Lipinski definition) is 8. The SMILES string of the molecule is C/C(N)=C/CCC(C)C1CCC2C3CCC4CC(OC(=O)c5cc(N)cc(N)c5)CCC4(C)C3CCC12C.CC(=O)c1cc(N)cc(N)c1. The van der Waals surface area contributed by atoms with Crippen LogP contribution in [0.25, 0.3) is 0 Å². The van der Waals surface area contributed by atoms with Crippen LogP contribution in [0, 0.1) is 46.3 Å². The molecule has 2 aromatic carbocycles. The lowest BCUT2D eigenvalue weighted by Crippen LogP contribution is -2.54. The van der Waals surface area contributed by atoms with E-state index in [1.165, 1.54) is 58.3 Å². The first-order chi connectivity index (χ1) is 23.1. The Morgan fingerprint density at radius 1 is 0.796 bits per heavy atom. The third-order valence-corrected chi connectivity index (χ3v) is 13.3. The average Bonchev–Trinajstić information content (AvgIpc) is 3.37. The minimum absolute atomic E-state index is 0.00319. The highest BCUT2D eigenvalue weighted by Crippen LogP contribution is 2.68. The zero-order chi connectivity index (χ0) is 35.7. The maximum absolute atomic E-state index is 12.9. The van der Waals surface area contributed by atoms with Crippen LogP contribution in [0.3, 0.4) is 0 Å². The van der Waals surface area contributed by atoms with E-state index < -0.39 is 0 Å². The Hall–Kier alpha value is -3.68. The standard InChI is InChI=1S/C33H51N3O2.C8H10N2O/c1-20(6-5-7-21(2)34)28-10-11-29-27-9-8-23-18-26(38-31(37)22-16-24(35)19-25(36)17-22)12-14-32(23,3)30(27)13-15-33(28,29)4;1-5(11)6-2-7(9)4-8(10)3-6/h7,16-17,19-20,23,26-30H,5-6,8-15,18,34-36H2,1-4H3;2-4H,9-10H2,1H3/b21-7-;. The van der Waals surface area contributed by atoms with Crippen molar-refractivity contribution in [2.75, 3.05) is 22.9 Å². The molecule has 10 N–H and O–H groups in total. The molecule has 0 saturated heterocycles. The maximum atomic E-state index is 12.9. The molecule has 4 fully saturated rings. The molecule has 9 unspecified atom stereocenters. The smallest absolute Gasteiger partial charge is 0.338 e. The van der Waals surface area contributed by atoms with Gasteiger partial charge in [0.05, 0.1) is 5.56 Å². The summed E-state index contributed by atoms with van der Waals surface area (Å²) in [6.45, 7) is 11.2. The molecule has 8 nitrogen and oxygen atoms in total. The van der Waals surface area contributed by atoms with Gasteiger partial charge in [0.1, 0.15) is 6.10 Å². The third kappa shape index (κ3) is 7.89. The Bertz CT molecular complexity index is 1510. The lowest BCUT2D eigenvalue weighted by Gasteiger charge is -2.61. The van der Waals surface area contributed by atoms with E-state index in [2.05, 4.69) is 26.8 Å². The zero-order valence-corrected chi connectivity index (χ0v) is 30.5. The van der Waals surface area contributed by atoms with Crippen LogP contribution in [0.5, 0.6) is 0 Å². The van der Waals surface area contributed by atoms with E-state index in [1.54, 1.807) is 36.4 Å². The van der Waals surface area contributed by atoms with Crippen LogP contribution in [0.4, 0.5) is 22.7 Å². The predicted molar refractivity (Wildman–Crippen MR) is 201 cm³/mol. The summed E-state index contributed by atoms with van der Waals surface area (Å²) in [6.07, 6.45) is 15.9. The molecule has 0 heterocycles. The van der Waals surface area contributed by atoms with E-state index in [-0.39, 0.29) is 17.9 Å². The van der Waals surface area contributed by atoms with E-state index in [1.807, 2.05) is 6.92 Å². The number of Topliss-reactive ketones (excluding diaryl/α,β-unsaturated/α-hetero) is 1. The van der Waals surface area contributed by atoms with Crippen molar-refractivity contribution < 1.29 is 14.3 Å². The third-order valence-electron chi connectivity index (χ3n) is 13.3. The van der Waals surface area contributed by atoms with Crippen molar-refractivity contribution in [1.29, 1.82) is 0 Å². The summed E-state index contributed by atoms with van der Waals surface area (Å²) in [7, 11) is 0. The van der Waals surface area contributed by atoms with Crippen molar-refractivity contribution in [2.45, 2.75) is 111 Å². The molecule has 4 aliphatic rings. The van der Waals surface area contributed by atoms with Crippen LogP contribution in [0.1, 0.15) is 126 Å². The predicted octanol–water partition coefficient (Wildman–Crippen LogP) is 8.37. The number of anilines is 4. The lowest BCUT2D eigenvalue weighted by molar-refractivity contribution is -0.130. The second-order valence-corrected chi connectivity index (χ2v) is 16.5. The summed E-state index contributed by atoms with van der Waals surface area (Å²) >= 11 is 0. The molecular formula is C41H61N5O3. The number of nitrogens with two attached hydrogens (primary N) is 5. The topological polar surface area (TPSA) is 173 Å². The molecule has 49 heavy (non-hydrogen) atoms. The largest absolute Gasteiger partial charge is 0.459 e. The number of benzene rings is 2. The number of esters is 1. The monoisotopic (exact) mass is 671 g/mol. The van der Waals surface area contributed by atoms with Gasteiger partial charge in [0.15, 0.2) is 5.78 Å². The lowest BCUT2D eigenvalue weighted by atomic mass is 9.44. The zero-order valence-electron chi connectivity index (χ0n) is 30.5. The van der Waals surface area contributed by atoms with Gasteiger partial charge in [-0.3, -0.25) is 4.79 Å². The van der Waals surface area contributed by atoms with Crippen molar-refractivity contribution in [1.82, 2.24) is 0 Å². The maximum Gasteiger partial charge on any atom is 0.338 e. The van der Waals surface area contributed by atoms with Crippen LogP contribution in [0.2, 0.25) is 0 Å². The molecule has 0 amide bonds. The van der Waals surface area contributed by atoms with Gasteiger partial charge in [0.2, 0.25) is 0 Å². The van der Waals surface area contributed by atoms with E-state index >= 15 is 0 Å². The number of allylic oxidation sites excluding steroid dienone is 2. The number of ketones is 1. The van der Waals surface area contributed by atoms with Gasteiger partial charge in [-0.05, 0) is 167 Å². The molecule has 4 aliphatic carbocycles. The molecule has 8 heteroatoms. The van der Waals surface area contributed by atoms with Crippen LogP contribution in [-0.2, 0) is 4.74 Å². The van der Waals surface area contributed by atoms with Crippen molar-refractivity contribution in [3.63, 3.8) is 0 Å². The summed E-state index contributed by atoms with van der Waals surface area (Å²) in [5.74, 6) is 4.52. The number of carbonyl (C=O) groups is 2. The first-order valence-corrected chi connectivity index (χ1v) is 18.6. The molecule has 4 saturated carbocycles. The molecule has 9 atom stereocenters. The Labute approximate surface area is 294 Å². The van der Waals surface area contributed by atoms with E-state index in [9.17, 15) is 9.59 Å². The van der Waals surface area contributed by atoms with E-state index in [4.69, 9.17) is 33.4 Å². The van der Waals surface area contributed by atoms with Crippen LogP contribution in [0.15, 0.2) is 48.2 Å². The Morgan fingerprint density at radius 3 is 1.96 bits per heavy atom. The summed E-state index contributed by atoms with van der Waals surface area (Å²) in [6, 6.07) is 9.84. The van der Waals surface area contributed by atoms with Crippen LogP contribution >= 0.6 is 0 Å². The first-order valence-electron chi connectivity index (χ1n) is 18.6. The minimum atomic E-state index is -0.289. The summed E-state index contributed by atoms with van der Waals surface area (Å²) in [5.41, 5.74) is 33.5. The summed E-state index contributed by atoms with van der Waals surface area (Å²) in [5, 5.41) is 0. The van der Waals surface area contributed by atoms with E-state index in [0.717, 1.165) is 54.5 Å². The minimum Gasteiger partial charge on any atom is -0.459 e. The van der Waals surface area contributed by atoms with Gasteiger partial charge in [0.25, 0.3) is 0 Å². The second kappa shape index (κ2) is 14.7. The molecule has 0 radical (unpaired) electrons. The molecule has 0 aromatic heterocycles. The van der Waals surface area contributed by atoms with Crippen LogP contribution < -0.4 is 28.7 Å². The normalized spacial score (nSPS) is 32.8. The fraction of sp³-hybridized carbons (Fsp3) is 0.610. The van der Waals surface area contributed by atoms with Crippen molar-refractivity contribution in [3.05, 3.63) is 59.3 Å². The Morgan fingerprint density at radius 2 is 1.37 bits per heavy atom. The summed E-state index contributed by atoms with van der Waals surface area (Å²) in [4.78, 5) is 23.7. The van der Waals surface area contributed by atoms with E-state index in [0.29, 0.717) is 50.6 Å². The van der Waals surface area contributed by atoms with Crippen molar-refractivity contribution in [3.8, 4) is 0 Å². The Kier molecular flexibility index (Phi) is 10.9. The van der Waals surface area contributed by atoms with Gasteiger partial charge < -0.3 is 33.4 Å². The molecular weight excluding hydrogens is 610 g/mol. The fourth-order valence-corrected chi connectivity index (χ4v) is 11.0. The number of nitrogen functional groups attached to an aromatic ring is 4. The fourth-order valence-electron chi connectivity index (χ4n) is 11.0. The van der Waals surface area contributed by atoms with Gasteiger partial charge >= 0.3 is 5.97 Å². The highest BCUT2D eigenvalue weighted by Gasteiger charge is 2.60. The molecule has 268 valence electrons. The highest BCUT2D eigenvalue weighted by atomic mass is 16.5. The van der Waals surface area contributed by atoms with Crippen molar-refractivity contribution in [2.24, 2.45) is 52.1 Å². The molecule has 0 bridgehead atoms. The number of hydrogen-bond donors (Lipinski definition) is 5. The van der Waals surface area contributed by atoms with Crippen molar-refractivity contribution >= 4 is 34.5 Å². The number of rotatable bonds is 7.